The van der Waals surface area contributed by atoms with E-state index in [1.54, 1.807) is 12.1 Å². The molecule has 148 valence electrons. The summed E-state index contributed by atoms with van der Waals surface area (Å²) in [7, 11) is -3.18. The van der Waals surface area contributed by atoms with Gasteiger partial charge >= 0.3 is 0 Å². The number of rotatable bonds is 6. The summed E-state index contributed by atoms with van der Waals surface area (Å²) < 4.78 is 23.7. The van der Waals surface area contributed by atoms with Gasteiger partial charge in [0, 0.05) is 29.5 Å². The maximum atomic E-state index is 11.8. The first-order valence-corrected chi connectivity index (χ1v) is 12.1. The summed E-state index contributed by atoms with van der Waals surface area (Å²) in [4.78, 5) is 8.50. The van der Waals surface area contributed by atoms with E-state index < -0.39 is 9.84 Å². The number of aryl methyl sites for hydroxylation is 1. The minimum absolute atomic E-state index is 0.232. The first-order valence-electron chi connectivity index (χ1n) is 10.2. The molecule has 4 rings (SSSR count). The Morgan fingerprint density at radius 3 is 2.50 bits per heavy atom. The third kappa shape index (κ3) is 4.00. The van der Waals surface area contributed by atoms with Gasteiger partial charge in [0.05, 0.1) is 4.90 Å². The van der Waals surface area contributed by atoms with Gasteiger partial charge in [-0.05, 0) is 54.2 Å². The lowest BCUT2D eigenvalue weighted by Gasteiger charge is -2.20. The predicted molar refractivity (Wildman–Crippen MR) is 113 cm³/mol. The van der Waals surface area contributed by atoms with E-state index in [9.17, 15) is 8.42 Å². The highest BCUT2D eigenvalue weighted by molar-refractivity contribution is 7.90. The molecule has 1 fully saturated rings. The van der Waals surface area contributed by atoms with Crippen molar-refractivity contribution < 1.29 is 8.42 Å². The fourth-order valence-corrected chi connectivity index (χ4v) is 5.06. The molecule has 0 saturated heterocycles. The van der Waals surface area contributed by atoms with Crippen LogP contribution in [0.5, 0.6) is 0 Å². The van der Waals surface area contributed by atoms with Crippen LogP contribution in [0.2, 0.25) is 0 Å². The van der Waals surface area contributed by atoms with Gasteiger partial charge in [-0.2, -0.15) is 0 Å². The SMILES string of the molecule is CCc1cnc2[nH]c(C(CC3CCCC3)c3ccc(S(C)(=O)=O)cc3)cc2c1. The van der Waals surface area contributed by atoms with E-state index in [1.807, 2.05) is 18.3 Å². The number of aromatic amines is 1. The van der Waals surface area contributed by atoms with Gasteiger partial charge in [0.15, 0.2) is 9.84 Å². The van der Waals surface area contributed by atoms with Crippen molar-refractivity contribution in [3.05, 3.63) is 59.4 Å². The highest BCUT2D eigenvalue weighted by Crippen LogP contribution is 2.38. The maximum Gasteiger partial charge on any atom is 0.175 e. The fourth-order valence-electron chi connectivity index (χ4n) is 4.43. The number of hydrogen-bond acceptors (Lipinski definition) is 3. The Labute approximate surface area is 167 Å². The molecule has 1 aliphatic rings. The lowest BCUT2D eigenvalue weighted by atomic mass is 9.85. The lowest BCUT2D eigenvalue weighted by Crippen LogP contribution is -2.08. The molecule has 1 aliphatic carbocycles. The Kier molecular flexibility index (Phi) is 5.28. The topological polar surface area (TPSA) is 62.8 Å². The number of nitrogens with one attached hydrogen (secondary N) is 1. The van der Waals surface area contributed by atoms with Crippen LogP contribution in [0.1, 0.15) is 61.8 Å². The molecule has 0 aliphatic heterocycles. The summed E-state index contributed by atoms with van der Waals surface area (Å²) in [6.07, 6.45) is 10.5. The van der Waals surface area contributed by atoms with Crippen LogP contribution in [0.4, 0.5) is 0 Å². The summed E-state index contributed by atoms with van der Waals surface area (Å²) in [6, 6.07) is 11.9. The molecule has 0 amide bonds. The number of aromatic nitrogens is 2. The average molecular weight is 397 g/mol. The minimum Gasteiger partial charge on any atom is -0.343 e. The normalized spacial score (nSPS) is 16.6. The van der Waals surface area contributed by atoms with E-state index in [-0.39, 0.29) is 5.92 Å². The van der Waals surface area contributed by atoms with Crippen molar-refractivity contribution in [2.45, 2.75) is 56.3 Å². The second kappa shape index (κ2) is 7.70. The van der Waals surface area contributed by atoms with E-state index in [1.165, 1.54) is 48.8 Å². The van der Waals surface area contributed by atoms with Gasteiger partial charge < -0.3 is 4.98 Å². The molecule has 1 unspecified atom stereocenters. The Balaban J connectivity index is 1.72. The second-order valence-electron chi connectivity index (χ2n) is 8.14. The molecule has 1 N–H and O–H groups in total. The van der Waals surface area contributed by atoms with Gasteiger partial charge in [0.1, 0.15) is 5.65 Å². The van der Waals surface area contributed by atoms with Crippen molar-refractivity contribution in [1.82, 2.24) is 9.97 Å². The molecule has 28 heavy (non-hydrogen) atoms. The molecule has 1 saturated carbocycles. The lowest BCUT2D eigenvalue weighted by molar-refractivity contribution is 0.469. The molecule has 3 aromatic rings. The van der Waals surface area contributed by atoms with Crippen molar-refractivity contribution in [3.8, 4) is 0 Å². The zero-order valence-electron chi connectivity index (χ0n) is 16.6. The number of pyridine rings is 1. The van der Waals surface area contributed by atoms with Crippen LogP contribution < -0.4 is 0 Å². The maximum absolute atomic E-state index is 11.8. The second-order valence-corrected chi connectivity index (χ2v) is 10.2. The number of sulfone groups is 1. The number of fused-ring (bicyclic) bond motifs is 1. The first kappa shape index (κ1) is 19.2. The minimum atomic E-state index is -3.18. The van der Waals surface area contributed by atoms with Crippen LogP contribution in [0.3, 0.4) is 0 Å². The van der Waals surface area contributed by atoms with Crippen LogP contribution in [-0.2, 0) is 16.3 Å². The van der Waals surface area contributed by atoms with E-state index in [4.69, 9.17) is 0 Å². The third-order valence-electron chi connectivity index (χ3n) is 6.09. The number of hydrogen-bond donors (Lipinski definition) is 1. The summed E-state index contributed by atoms with van der Waals surface area (Å²) >= 11 is 0. The van der Waals surface area contributed by atoms with Gasteiger partial charge in [-0.25, -0.2) is 13.4 Å². The molecule has 1 aromatic carbocycles. The molecule has 2 heterocycles. The van der Waals surface area contributed by atoms with Crippen LogP contribution in [0.15, 0.2) is 47.5 Å². The molecule has 0 radical (unpaired) electrons. The average Bonchev–Trinajstić information content (AvgIpc) is 3.34. The van der Waals surface area contributed by atoms with Gasteiger partial charge in [-0.3, -0.25) is 0 Å². The molecule has 2 aromatic heterocycles. The summed E-state index contributed by atoms with van der Waals surface area (Å²) in [5, 5.41) is 1.15. The van der Waals surface area contributed by atoms with Gasteiger partial charge in [-0.15, -0.1) is 0 Å². The number of nitrogens with zero attached hydrogens (tertiary/aromatic N) is 1. The smallest absolute Gasteiger partial charge is 0.175 e. The Hall–Kier alpha value is -2.14. The zero-order valence-corrected chi connectivity index (χ0v) is 17.4. The fraction of sp³-hybridized carbons (Fsp3) is 0.435. The first-order chi connectivity index (χ1) is 13.4. The largest absolute Gasteiger partial charge is 0.343 e. The van der Waals surface area contributed by atoms with Crippen molar-refractivity contribution in [2.75, 3.05) is 6.26 Å². The Morgan fingerprint density at radius 2 is 1.86 bits per heavy atom. The molecule has 0 bridgehead atoms. The van der Waals surface area contributed by atoms with Crippen molar-refractivity contribution in [1.29, 1.82) is 0 Å². The number of H-pyrrole nitrogens is 1. The van der Waals surface area contributed by atoms with Crippen LogP contribution >= 0.6 is 0 Å². The number of benzene rings is 1. The highest BCUT2D eigenvalue weighted by atomic mass is 32.2. The predicted octanol–water partition coefficient (Wildman–Crippen LogP) is 5.24. The summed E-state index contributed by atoms with van der Waals surface area (Å²) in [6.45, 7) is 2.14. The van der Waals surface area contributed by atoms with Gasteiger partial charge in [-0.1, -0.05) is 44.7 Å². The van der Waals surface area contributed by atoms with Crippen molar-refractivity contribution in [2.24, 2.45) is 5.92 Å². The van der Waals surface area contributed by atoms with Crippen LogP contribution in [0, 0.1) is 5.92 Å². The standard InChI is InChI=1S/C23H28N2O2S/c1-3-16-12-19-14-22(25-23(19)24-15-16)21(13-17-6-4-5-7-17)18-8-10-20(11-9-18)28(2,26)27/h8-12,14-15,17,21H,3-7,13H2,1-2H3,(H,24,25). The highest BCUT2D eigenvalue weighted by Gasteiger charge is 2.24. The third-order valence-corrected chi connectivity index (χ3v) is 7.21. The quantitative estimate of drug-likeness (QED) is 0.620. The van der Waals surface area contributed by atoms with Crippen molar-refractivity contribution in [3.63, 3.8) is 0 Å². The summed E-state index contributed by atoms with van der Waals surface area (Å²) in [5.74, 6) is 0.959. The monoisotopic (exact) mass is 396 g/mol. The van der Waals surface area contributed by atoms with Crippen LogP contribution in [0.25, 0.3) is 11.0 Å². The molecule has 5 heteroatoms. The Bertz CT molecular complexity index is 1060. The molecule has 4 nitrogen and oxygen atoms in total. The molecule has 1 atom stereocenters. The van der Waals surface area contributed by atoms with E-state index >= 15 is 0 Å². The van der Waals surface area contributed by atoms with Crippen molar-refractivity contribution >= 4 is 20.9 Å². The van der Waals surface area contributed by atoms with E-state index in [0.717, 1.165) is 29.8 Å². The molecule has 0 spiro atoms. The van der Waals surface area contributed by atoms with Gasteiger partial charge in [0.25, 0.3) is 0 Å². The zero-order chi connectivity index (χ0) is 19.7. The van der Waals surface area contributed by atoms with Gasteiger partial charge in [0.2, 0.25) is 0 Å². The molecular formula is C23H28N2O2S. The van der Waals surface area contributed by atoms with E-state index in [2.05, 4.69) is 29.0 Å². The summed E-state index contributed by atoms with van der Waals surface area (Å²) in [5.41, 5.74) is 4.51. The molecular weight excluding hydrogens is 368 g/mol. The van der Waals surface area contributed by atoms with E-state index in [0.29, 0.717) is 4.90 Å². The van der Waals surface area contributed by atoms with Crippen LogP contribution in [-0.4, -0.2) is 24.6 Å². The Morgan fingerprint density at radius 1 is 1.14 bits per heavy atom.